The lowest BCUT2D eigenvalue weighted by Crippen LogP contribution is -2.43. The van der Waals surface area contributed by atoms with Crippen LogP contribution in [0.3, 0.4) is 0 Å². The zero-order valence-corrected chi connectivity index (χ0v) is 11.9. The number of rotatable bonds is 9. The monoisotopic (exact) mass is 272 g/mol. The Balaban J connectivity index is 4.39. The fraction of sp³-hybridized carbons (Fsp3) is 0.769. The van der Waals surface area contributed by atoms with Crippen molar-refractivity contribution in [2.45, 2.75) is 51.5 Å². The van der Waals surface area contributed by atoms with Crippen LogP contribution in [0.5, 0.6) is 0 Å². The normalized spacial score (nSPS) is 11.7. The highest BCUT2D eigenvalue weighted by atomic mass is 16.4. The number of nitrogens with one attached hydrogen (secondary N) is 1. The molecule has 0 aromatic carbocycles. The molecular weight excluding hydrogens is 248 g/mol. The van der Waals surface area contributed by atoms with E-state index in [9.17, 15) is 14.4 Å². The van der Waals surface area contributed by atoms with E-state index >= 15 is 0 Å². The van der Waals surface area contributed by atoms with Crippen LogP contribution in [0.4, 0.5) is 0 Å². The molecule has 6 heteroatoms. The lowest BCUT2D eigenvalue weighted by molar-refractivity contribution is -0.149. The summed E-state index contributed by atoms with van der Waals surface area (Å²) < 4.78 is 0. The first-order valence-electron chi connectivity index (χ1n) is 6.63. The number of likely N-dealkylation sites (N-methyl/N-ethyl adjacent to an activating group) is 1. The Kier molecular flexibility index (Phi) is 8.57. The smallest absolute Gasteiger partial charge is 0.326 e. The lowest BCUT2D eigenvalue weighted by Gasteiger charge is -2.24. The molecule has 2 amide bonds. The highest BCUT2D eigenvalue weighted by Gasteiger charge is 2.26. The first kappa shape index (κ1) is 17.4. The number of carbonyl (C=O) groups is 3. The third kappa shape index (κ3) is 6.79. The highest BCUT2D eigenvalue weighted by molar-refractivity contribution is 5.84. The van der Waals surface area contributed by atoms with Crippen LogP contribution >= 0.6 is 0 Å². The molecule has 110 valence electrons. The van der Waals surface area contributed by atoms with Crippen molar-refractivity contribution in [2.24, 2.45) is 0 Å². The first-order chi connectivity index (χ1) is 8.93. The van der Waals surface area contributed by atoms with Gasteiger partial charge >= 0.3 is 5.97 Å². The van der Waals surface area contributed by atoms with Gasteiger partial charge < -0.3 is 15.3 Å². The number of carbonyl (C=O) groups excluding carboxylic acids is 2. The van der Waals surface area contributed by atoms with E-state index in [-0.39, 0.29) is 24.7 Å². The summed E-state index contributed by atoms with van der Waals surface area (Å²) in [6.45, 7) is 2.04. The molecule has 0 saturated heterocycles. The van der Waals surface area contributed by atoms with Crippen LogP contribution in [-0.2, 0) is 14.4 Å². The Morgan fingerprint density at radius 1 is 1.21 bits per heavy atom. The summed E-state index contributed by atoms with van der Waals surface area (Å²) in [6, 6.07) is -0.938. The summed E-state index contributed by atoms with van der Waals surface area (Å²) in [6.07, 6.45) is 3.31. The van der Waals surface area contributed by atoms with Crippen LogP contribution in [0.2, 0.25) is 0 Å². The Hall–Kier alpha value is -1.59. The molecule has 0 aliphatic rings. The van der Waals surface area contributed by atoms with Gasteiger partial charge in [0.05, 0.1) is 0 Å². The van der Waals surface area contributed by atoms with Gasteiger partial charge in [-0.15, -0.1) is 0 Å². The van der Waals surface area contributed by atoms with Crippen molar-refractivity contribution in [2.75, 3.05) is 14.1 Å². The van der Waals surface area contributed by atoms with Crippen LogP contribution in [0.1, 0.15) is 45.4 Å². The average Bonchev–Trinajstić information content (AvgIpc) is 2.38. The van der Waals surface area contributed by atoms with Crippen LogP contribution in [0.15, 0.2) is 0 Å². The van der Waals surface area contributed by atoms with E-state index < -0.39 is 12.0 Å². The molecular formula is C13H24N2O4. The van der Waals surface area contributed by atoms with Gasteiger partial charge in [-0.05, 0) is 12.8 Å². The third-order valence-corrected chi connectivity index (χ3v) is 3.06. The topological polar surface area (TPSA) is 86.7 Å². The summed E-state index contributed by atoms with van der Waals surface area (Å²) in [7, 11) is 2.98. The molecule has 1 atom stereocenters. The van der Waals surface area contributed by atoms with Gasteiger partial charge in [-0.1, -0.05) is 19.8 Å². The molecule has 0 heterocycles. The van der Waals surface area contributed by atoms with Crippen molar-refractivity contribution in [1.82, 2.24) is 10.2 Å². The molecule has 0 saturated carbocycles. The number of hydrogen-bond donors (Lipinski definition) is 2. The van der Waals surface area contributed by atoms with Crippen molar-refractivity contribution in [3.8, 4) is 0 Å². The van der Waals surface area contributed by atoms with Gasteiger partial charge in [-0.2, -0.15) is 0 Å². The second kappa shape index (κ2) is 9.35. The van der Waals surface area contributed by atoms with Gasteiger partial charge in [0.15, 0.2) is 0 Å². The van der Waals surface area contributed by atoms with E-state index in [1.54, 1.807) is 0 Å². The number of hydrogen-bond acceptors (Lipinski definition) is 3. The molecule has 19 heavy (non-hydrogen) atoms. The minimum atomic E-state index is -1.07. The number of unbranched alkanes of at least 4 members (excludes halogenated alkanes) is 2. The van der Waals surface area contributed by atoms with Crippen LogP contribution in [-0.4, -0.2) is 47.9 Å². The fourth-order valence-electron chi connectivity index (χ4n) is 1.75. The molecule has 1 unspecified atom stereocenters. The number of nitrogens with zero attached hydrogens (tertiary/aromatic N) is 1. The summed E-state index contributed by atoms with van der Waals surface area (Å²) in [4.78, 5) is 35.4. The molecule has 0 spiro atoms. The van der Waals surface area contributed by atoms with Crippen molar-refractivity contribution < 1.29 is 19.5 Å². The molecule has 0 aliphatic carbocycles. The molecule has 0 radical (unpaired) electrons. The van der Waals surface area contributed by atoms with E-state index in [1.807, 2.05) is 6.92 Å². The maximum Gasteiger partial charge on any atom is 0.326 e. The summed E-state index contributed by atoms with van der Waals surface area (Å²) in [5, 5.41) is 11.6. The lowest BCUT2D eigenvalue weighted by atomic mass is 10.1. The standard InChI is InChI=1S/C13H24N2O4/c1-4-5-6-7-12(17)15(3)10(13(18)19)8-9-11(16)14-2/h10H,4-9H2,1-3H3,(H,14,16)(H,18,19). The fourth-order valence-corrected chi connectivity index (χ4v) is 1.75. The maximum absolute atomic E-state index is 11.8. The maximum atomic E-state index is 11.8. The van der Waals surface area contributed by atoms with Gasteiger partial charge in [0, 0.05) is 26.9 Å². The molecule has 2 N–H and O–H groups in total. The number of aliphatic carboxylic acids is 1. The first-order valence-corrected chi connectivity index (χ1v) is 6.63. The quantitative estimate of drug-likeness (QED) is 0.613. The van der Waals surface area contributed by atoms with Crippen molar-refractivity contribution >= 4 is 17.8 Å². The molecule has 6 nitrogen and oxygen atoms in total. The van der Waals surface area contributed by atoms with Crippen molar-refractivity contribution in [1.29, 1.82) is 0 Å². The van der Waals surface area contributed by atoms with Gasteiger partial charge in [-0.3, -0.25) is 9.59 Å². The van der Waals surface area contributed by atoms with Gasteiger partial charge in [0.1, 0.15) is 6.04 Å². The highest BCUT2D eigenvalue weighted by Crippen LogP contribution is 2.10. The Labute approximate surface area is 114 Å². The summed E-state index contributed by atoms with van der Waals surface area (Å²) in [5.74, 6) is -1.48. The SMILES string of the molecule is CCCCCC(=O)N(C)C(CCC(=O)NC)C(=O)O. The van der Waals surface area contributed by atoms with E-state index in [1.165, 1.54) is 19.0 Å². The minimum Gasteiger partial charge on any atom is -0.480 e. The third-order valence-electron chi connectivity index (χ3n) is 3.06. The predicted octanol–water partition coefficient (Wildman–Crippen LogP) is 1.00. The Bertz CT molecular complexity index is 318. The molecule has 0 fully saturated rings. The number of carboxylic acid groups (broad SMARTS) is 1. The molecule has 0 aliphatic heterocycles. The number of carboxylic acids is 1. The molecule has 0 bridgehead atoms. The predicted molar refractivity (Wildman–Crippen MR) is 71.6 cm³/mol. The Morgan fingerprint density at radius 3 is 2.32 bits per heavy atom. The van der Waals surface area contributed by atoms with Crippen LogP contribution in [0, 0.1) is 0 Å². The van der Waals surface area contributed by atoms with Gasteiger partial charge in [-0.25, -0.2) is 4.79 Å². The number of amides is 2. The summed E-state index contributed by atoms with van der Waals surface area (Å²) >= 11 is 0. The van der Waals surface area contributed by atoms with E-state index in [4.69, 9.17) is 5.11 Å². The largest absolute Gasteiger partial charge is 0.480 e. The van der Waals surface area contributed by atoms with Crippen molar-refractivity contribution in [3.63, 3.8) is 0 Å². The second-order valence-electron chi connectivity index (χ2n) is 4.53. The van der Waals surface area contributed by atoms with Crippen molar-refractivity contribution in [3.05, 3.63) is 0 Å². The van der Waals surface area contributed by atoms with Gasteiger partial charge in [0.25, 0.3) is 0 Å². The average molecular weight is 272 g/mol. The Morgan fingerprint density at radius 2 is 1.84 bits per heavy atom. The molecule has 0 rings (SSSR count). The van der Waals surface area contributed by atoms with Gasteiger partial charge in [0.2, 0.25) is 11.8 Å². The van der Waals surface area contributed by atoms with Crippen LogP contribution in [0.25, 0.3) is 0 Å². The van der Waals surface area contributed by atoms with Crippen LogP contribution < -0.4 is 5.32 Å². The molecule has 0 aromatic heterocycles. The summed E-state index contributed by atoms with van der Waals surface area (Å²) in [5.41, 5.74) is 0. The van der Waals surface area contributed by atoms with E-state index in [2.05, 4.69) is 5.32 Å². The van der Waals surface area contributed by atoms with E-state index in [0.717, 1.165) is 19.3 Å². The van der Waals surface area contributed by atoms with E-state index in [0.29, 0.717) is 6.42 Å². The zero-order chi connectivity index (χ0) is 14.8. The second-order valence-corrected chi connectivity index (χ2v) is 4.53. The molecule has 0 aromatic rings. The minimum absolute atomic E-state index is 0.0973. The zero-order valence-electron chi connectivity index (χ0n) is 11.9.